The summed E-state index contributed by atoms with van der Waals surface area (Å²) in [4.78, 5) is 38.2. The van der Waals surface area contributed by atoms with Crippen molar-refractivity contribution in [2.24, 2.45) is 5.41 Å². The number of methoxy groups -OCH3 is 1. The Morgan fingerprint density at radius 2 is 2.00 bits per heavy atom. The zero-order valence-electron chi connectivity index (χ0n) is 25.9. The van der Waals surface area contributed by atoms with Crippen LogP contribution in [-0.2, 0) is 9.59 Å². The monoisotopic (exact) mass is 625 g/mol. The zero-order chi connectivity index (χ0) is 31.6. The second-order valence-electron chi connectivity index (χ2n) is 12.1. The summed E-state index contributed by atoms with van der Waals surface area (Å²) < 4.78 is 16.8. The van der Waals surface area contributed by atoms with E-state index in [4.69, 9.17) is 25.8 Å². The Morgan fingerprint density at radius 1 is 1.20 bits per heavy atom. The van der Waals surface area contributed by atoms with Crippen LogP contribution in [0, 0.1) is 5.41 Å². The van der Waals surface area contributed by atoms with Crippen molar-refractivity contribution in [3.8, 4) is 17.2 Å². The molecule has 2 aliphatic heterocycles. The molecule has 236 valence electrons. The number of fused-ring (bicyclic) bond motifs is 2. The normalized spacial score (nSPS) is 17.4. The Hall–Kier alpha value is -3.87. The molecule has 0 aliphatic carbocycles. The quantitative estimate of drug-likeness (QED) is 0.258. The van der Waals surface area contributed by atoms with Gasteiger partial charge in [0, 0.05) is 30.6 Å². The molecule has 0 bridgehead atoms. The molecule has 0 spiro atoms. The molecule has 1 aromatic heterocycles. The summed E-state index contributed by atoms with van der Waals surface area (Å²) >= 11 is 6.50. The summed E-state index contributed by atoms with van der Waals surface area (Å²) in [5.41, 5.74) is 1.18. The second-order valence-corrected chi connectivity index (χ2v) is 12.6. The molecule has 3 heterocycles. The lowest BCUT2D eigenvalue weighted by Gasteiger charge is -2.36. The number of nitrogens with zero attached hydrogens (tertiary/aromatic N) is 3. The van der Waals surface area contributed by atoms with E-state index in [1.165, 1.54) is 13.4 Å². The number of carbonyl (C=O) groups excluding carboxylic acids is 2. The average Bonchev–Trinajstić information content (AvgIpc) is 3.68. The summed E-state index contributed by atoms with van der Waals surface area (Å²) in [5, 5.41) is 13.9. The van der Waals surface area contributed by atoms with Crippen LogP contribution < -0.4 is 35.5 Å². The number of ether oxygens (including phenoxy) is 3. The van der Waals surface area contributed by atoms with Gasteiger partial charge in [-0.05, 0) is 50.4 Å². The van der Waals surface area contributed by atoms with Crippen molar-refractivity contribution in [3.05, 3.63) is 35.6 Å². The van der Waals surface area contributed by atoms with Crippen LogP contribution in [0.5, 0.6) is 17.2 Å². The van der Waals surface area contributed by atoms with E-state index in [2.05, 4.69) is 38.2 Å². The first-order chi connectivity index (χ1) is 21.0. The van der Waals surface area contributed by atoms with Crippen molar-refractivity contribution in [3.63, 3.8) is 0 Å². The van der Waals surface area contributed by atoms with Gasteiger partial charge in [-0.3, -0.25) is 9.59 Å². The topological polar surface area (TPSA) is 139 Å². The van der Waals surface area contributed by atoms with Gasteiger partial charge in [-0.2, -0.15) is 0 Å². The minimum atomic E-state index is -0.622. The van der Waals surface area contributed by atoms with E-state index in [9.17, 15) is 9.59 Å². The Balaban J connectivity index is 1.41. The van der Waals surface area contributed by atoms with Crippen molar-refractivity contribution >= 4 is 51.5 Å². The van der Waals surface area contributed by atoms with Gasteiger partial charge in [0.2, 0.25) is 18.6 Å². The third-order valence-corrected chi connectivity index (χ3v) is 8.33. The highest BCUT2D eigenvalue weighted by Crippen LogP contribution is 2.45. The smallest absolute Gasteiger partial charge is 0.247 e. The molecule has 3 aromatic rings. The summed E-state index contributed by atoms with van der Waals surface area (Å²) in [6, 6.07) is 6.06. The van der Waals surface area contributed by atoms with E-state index in [1.54, 1.807) is 29.2 Å². The van der Waals surface area contributed by atoms with Crippen molar-refractivity contribution < 1.29 is 23.8 Å². The highest BCUT2D eigenvalue weighted by Gasteiger charge is 2.41. The fourth-order valence-corrected chi connectivity index (χ4v) is 5.67. The lowest BCUT2D eigenvalue weighted by molar-refractivity contribution is -0.140. The number of hydrogen-bond donors (Lipinski definition) is 4. The second kappa shape index (κ2) is 13.0. The maximum Gasteiger partial charge on any atom is 0.247 e. The van der Waals surface area contributed by atoms with E-state index in [1.807, 2.05) is 27.8 Å². The number of benzene rings is 2. The maximum absolute atomic E-state index is 13.9. The van der Waals surface area contributed by atoms with Crippen LogP contribution in [0.4, 0.5) is 17.2 Å². The number of rotatable bonds is 10. The number of likely N-dealkylation sites (tertiary alicyclic amines) is 1. The van der Waals surface area contributed by atoms with Gasteiger partial charge >= 0.3 is 0 Å². The molecule has 4 N–H and O–H groups in total. The van der Waals surface area contributed by atoms with Crippen LogP contribution in [0.15, 0.2) is 30.6 Å². The molecule has 12 nitrogen and oxygen atoms in total. The first kappa shape index (κ1) is 31.6. The van der Waals surface area contributed by atoms with Gasteiger partial charge in [0.25, 0.3) is 0 Å². The summed E-state index contributed by atoms with van der Waals surface area (Å²) in [6.45, 7) is 9.36. The SMILES string of the molecule is CN[C@@H](C)CN[C@H](C(=O)N1CCC[C@H]1C(=O)Nc1cc2c(Nc3c(Cl)ccc4c3OCO4)ncnc2cc1OC)C(C)(C)C. The molecule has 1 saturated heterocycles. The summed E-state index contributed by atoms with van der Waals surface area (Å²) in [6.07, 6.45) is 2.72. The van der Waals surface area contributed by atoms with Crippen LogP contribution in [-0.4, -0.2) is 78.8 Å². The highest BCUT2D eigenvalue weighted by atomic mass is 35.5. The predicted octanol–water partition coefficient (Wildman–Crippen LogP) is 4.31. The van der Waals surface area contributed by atoms with Gasteiger partial charge in [0.15, 0.2) is 11.5 Å². The lowest BCUT2D eigenvalue weighted by Crippen LogP contribution is -2.57. The number of likely N-dealkylation sites (N-methyl/N-ethyl adjacent to an activating group) is 1. The third kappa shape index (κ3) is 6.47. The van der Waals surface area contributed by atoms with Gasteiger partial charge in [-0.15, -0.1) is 0 Å². The average molecular weight is 626 g/mol. The Morgan fingerprint density at radius 3 is 2.73 bits per heavy atom. The van der Waals surface area contributed by atoms with Crippen LogP contribution >= 0.6 is 11.6 Å². The molecule has 1 fully saturated rings. The predicted molar refractivity (Wildman–Crippen MR) is 170 cm³/mol. The standard InChI is InChI=1S/C31H40ClN7O5/c1-17(33-5)14-34-27(31(2,3)4)30(41)39-11-7-8-22(39)29(40)37-21-12-18-20(13-24(21)42-6)35-15-36-28(18)38-25-19(32)9-10-23-26(25)44-16-43-23/h9-10,12-13,15,17,22,27,33-34H,7-8,11,14,16H2,1-6H3,(H,37,40)(H,35,36,38)/t17-,22-,27+/m0/s1. The van der Waals surface area contributed by atoms with Gasteiger partial charge < -0.3 is 40.4 Å². The minimum absolute atomic E-state index is 0.0812. The molecule has 5 rings (SSSR count). The number of aromatic nitrogens is 2. The Kier molecular flexibility index (Phi) is 9.33. The van der Waals surface area contributed by atoms with Gasteiger partial charge in [-0.1, -0.05) is 32.4 Å². The largest absolute Gasteiger partial charge is 0.494 e. The number of carbonyl (C=O) groups is 2. The molecule has 44 heavy (non-hydrogen) atoms. The van der Waals surface area contributed by atoms with Gasteiger partial charge in [0.05, 0.1) is 29.4 Å². The molecule has 13 heteroatoms. The number of halogens is 1. The lowest BCUT2D eigenvalue weighted by atomic mass is 9.85. The number of anilines is 3. The molecule has 2 amide bonds. The Labute approximate surface area is 262 Å². The zero-order valence-corrected chi connectivity index (χ0v) is 26.7. The third-order valence-electron chi connectivity index (χ3n) is 8.02. The van der Waals surface area contributed by atoms with Crippen LogP contribution in [0.25, 0.3) is 10.9 Å². The van der Waals surface area contributed by atoms with Crippen molar-refractivity contribution in [1.29, 1.82) is 0 Å². The van der Waals surface area contributed by atoms with Crippen LogP contribution in [0.3, 0.4) is 0 Å². The first-order valence-electron chi connectivity index (χ1n) is 14.7. The summed E-state index contributed by atoms with van der Waals surface area (Å²) in [5.74, 6) is 1.57. The maximum atomic E-state index is 13.9. The van der Waals surface area contributed by atoms with E-state index in [-0.39, 0.29) is 30.1 Å². The van der Waals surface area contributed by atoms with E-state index < -0.39 is 12.1 Å². The molecular formula is C31H40ClN7O5. The molecule has 2 aliphatic rings. The van der Waals surface area contributed by atoms with Gasteiger partial charge in [-0.25, -0.2) is 9.97 Å². The van der Waals surface area contributed by atoms with E-state index in [0.717, 1.165) is 6.42 Å². The molecular weight excluding hydrogens is 586 g/mol. The van der Waals surface area contributed by atoms with Crippen molar-refractivity contribution in [2.75, 3.05) is 44.7 Å². The molecule has 0 radical (unpaired) electrons. The number of nitrogens with one attached hydrogen (secondary N) is 4. The van der Waals surface area contributed by atoms with Crippen molar-refractivity contribution in [2.45, 2.75) is 58.7 Å². The molecule has 3 atom stereocenters. The highest BCUT2D eigenvalue weighted by molar-refractivity contribution is 6.34. The first-order valence-corrected chi connectivity index (χ1v) is 15.1. The fourth-order valence-electron chi connectivity index (χ4n) is 5.48. The molecule has 0 unspecified atom stereocenters. The fraction of sp³-hybridized carbons (Fsp3) is 0.484. The Bertz CT molecular complexity index is 1550. The number of hydrogen-bond acceptors (Lipinski definition) is 10. The van der Waals surface area contributed by atoms with E-state index in [0.29, 0.717) is 69.9 Å². The van der Waals surface area contributed by atoms with Gasteiger partial charge in [0.1, 0.15) is 29.6 Å². The number of amides is 2. The van der Waals surface area contributed by atoms with Crippen LogP contribution in [0.1, 0.15) is 40.5 Å². The van der Waals surface area contributed by atoms with Crippen molar-refractivity contribution in [1.82, 2.24) is 25.5 Å². The van der Waals surface area contributed by atoms with E-state index >= 15 is 0 Å². The molecule has 2 aromatic carbocycles. The van der Waals surface area contributed by atoms with Crippen LogP contribution in [0.2, 0.25) is 5.02 Å². The minimum Gasteiger partial charge on any atom is -0.494 e. The summed E-state index contributed by atoms with van der Waals surface area (Å²) in [7, 11) is 3.41. The molecule has 0 saturated carbocycles.